The lowest BCUT2D eigenvalue weighted by Gasteiger charge is -2.15. The Morgan fingerprint density at radius 2 is 1.59 bits per heavy atom. The number of carbonyl (C=O) groups is 3. The van der Waals surface area contributed by atoms with Gasteiger partial charge in [0.05, 0.1) is 44.0 Å². The Morgan fingerprint density at radius 1 is 0.854 bits per heavy atom. The molecule has 0 saturated carbocycles. The first-order valence-electron chi connectivity index (χ1n) is 12.8. The average Bonchev–Trinajstić information content (AvgIpc) is 3.43. The Balaban J connectivity index is 1.40. The van der Waals surface area contributed by atoms with E-state index in [1.807, 2.05) is 0 Å². The fourth-order valence-electron chi connectivity index (χ4n) is 3.91. The molecular formula is C30H31N5O6. The van der Waals surface area contributed by atoms with Crippen LogP contribution in [-0.4, -0.2) is 54.6 Å². The van der Waals surface area contributed by atoms with Gasteiger partial charge in [-0.05, 0) is 61.0 Å². The van der Waals surface area contributed by atoms with Crippen molar-refractivity contribution in [3.63, 3.8) is 0 Å². The molecule has 41 heavy (non-hydrogen) atoms. The minimum atomic E-state index is -0.453. The summed E-state index contributed by atoms with van der Waals surface area (Å²) in [6.45, 7) is 0.642. The molecule has 0 saturated heterocycles. The molecule has 0 aliphatic heterocycles. The summed E-state index contributed by atoms with van der Waals surface area (Å²) in [6, 6.07) is 16.6. The van der Waals surface area contributed by atoms with Crippen molar-refractivity contribution in [2.45, 2.75) is 6.42 Å². The summed E-state index contributed by atoms with van der Waals surface area (Å²) >= 11 is 0. The Morgan fingerprint density at radius 3 is 2.29 bits per heavy atom. The lowest BCUT2D eigenvalue weighted by Crippen LogP contribution is -2.27. The van der Waals surface area contributed by atoms with Gasteiger partial charge in [-0.2, -0.15) is 0 Å². The smallest absolute Gasteiger partial charge is 0.267 e. The number of hydrogen-bond acceptors (Lipinski definition) is 7. The summed E-state index contributed by atoms with van der Waals surface area (Å²) in [6.07, 6.45) is 5.28. The number of ether oxygens (including phenoxy) is 3. The molecule has 0 fully saturated rings. The van der Waals surface area contributed by atoms with Crippen LogP contribution in [0.5, 0.6) is 17.2 Å². The maximum atomic E-state index is 13.3. The fraction of sp³-hybridized carbons (Fsp3) is 0.200. The normalized spacial score (nSPS) is 10.4. The van der Waals surface area contributed by atoms with Crippen molar-refractivity contribution in [2.24, 2.45) is 7.05 Å². The van der Waals surface area contributed by atoms with Gasteiger partial charge in [0.2, 0.25) is 0 Å². The molecule has 212 valence electrons. The van der Waals surface area contributed by atoms with E-state index >= 15 is 0 Å². The number of methoxy groups -OCH3 is 2. The van der Waals surface area contributed by atoms with E-state index in [4.69, 9.17) is 14.2 Å². The molecule has 3 amide bonds. The molecule has 4 rings (SSSR count). The molecule has 2 aromatic heterocycles. The van der Waals surface area contributed by atoms with Crippen LogP contribution >= 0.6 is 0 Å². The number of aryl methyl sites for hydroxylation is 1. The first kappa shape index (κ1) is 28.7. The lowest BCUT2D eigenvalue weighted by atomic mass is 10.1. The highest BCUT2D eigenvalue weighted by atomic mass is 16.5. The van der Waals surface area contributed by atoms with Crippen LogP contribution in [0.4, 0.5) is 11.4 Å². The number of nitrogens with zero attached hydrogens (tertiary/aromatic N) is 2. The number of amides is 3. The van der Waals surface area contributed by atoms with Crippen LogP contribution in [0.15, 0.2) is 79.3 Å². The van der Waals surface area contributed by atoms with Crippen molar-refractivity contribution in [1.82, 2.24) is 14.9 Å². The first-order chi connectivity index (χ1) is 19.9. The van der Waals surface area contributed by atoms with E-state index in [0.717, 1.165) is 0 Å². The quantitative estimate of drug-likeness (QED) is 0.223. The van der Waals surface area contributed by atoms with Gasteiger partial charge in [0.25, 0.3) is 17.7 Å². The van der Waals surface area contributed by atoms with E-state index in [0.29, 0.717) is 52.8 Å². The number of carbonyl (C=O) groups excluding carboxylic acids is 3. The number of anilines is 2. The molecular weight excluding hydrogens is 526 g/mol. The molecule has 0 radical (unpaired) electrons. The van der Waals surface area contributed by atoms with Crippen molar-refractivity contribution in [3.05, 3.63) is 96.1 Å². The Hall–Kier alpha value is -5.32. The predicted octanol–water partition coefficient (Wildman–Crippen LogP) is 4.14. The molecule has 0 bridgehead atoms. The zero-order valence-electron chi connectivity index (χ0n) is 23.0. The zero-order valence-corrected chi connectivity index (χ0v) is 23.0. The summed E-state index contributed by atoms with van der Waals surface area (Å²) < 4.78 is 18.1. The third-order valence-corrected chi connectivity index (χ3v) is 6.14. The molecule has 0 atom stereocenters. The standard InChI is InChI=1S/C30H31N5O6/c1-35-16-4-6-26(35)30(38)32-14-5-17-41-27-18-22(40-3)11-12-23(27)29(37)33-24-13-15-31-19-25(24)34-28(36)20-7-9-21(39-2)10-8-20/h4,6-13,15-16,18-19H,5,14,17H2,1-3H3,(H,32,38)(H,34,36)(H,31,33,37). The molecule has 2 heterocycles. The largest absolute Gasteiger partial charge is 0.497 e. The minimum absolute atomic E-state index is 0.175. The van der Waals surface area contributed by atoms with E-state index in [1.54, 1.807) is 85.6 Å². The van der Waals surface area contributed by atoms with Crippen LogP contribution < -0.4 is 30.2 Å². The molecule has 2 aromatic carbocycles. The summed E-state index contributed by atoms with van der Waals surface area (Å²) in [5.74, 6) is 0.462. The number of aromatic nitrogens is 2. The van der Waals surface area contributed by atoms with Gasteiger partial charge in [0.15, 0.2) is 0 Å². The van der Waals surface area contributed by atoms with Crippen LogP contribution in [0.3, 0.4) is 0 Å². The van der Waals surface area contributed by atoms with Crippen LogP contribution in [0.1, 0.15) is 37.6 Å². The van der Waals surface area contributed by atoms with Gasteiger partial charge in [-0.25, -0.2) is 0 Å². The van der Waals surface area contributed by atoms with E-state index in [1.165, 1.54) is 19.5 Å². The summed E-state index contributed by atoms with van der Waals surface area (Å²) in [7, 11) is 4.87. The van der Waals surface area contributed by atoms with Crippen molar-refractivity contribution in [3.8, 4) is 17.2 Å². The number of pyridine rings is 1. The summed E-state index contributed by atoms with van der Waals surface area (Å²) in [4.78, 5) is 42.5. The summed E-state index contributed by atoms with van der Waals surface area (Å²) in [5, 5.41) is 8.46. The van der Waals surface area contributed by atoms with Gasteiger partial charge in [0, 0.05) is 37.6 Å². The maximum Gasteiger partial charge on any atom is 0.267 e. The Labute approximate surface area is 237 Å². The Bertz CT molecular complexity index is 1520. The van der Waals surface area contributed by atoms with E-state index in [2.05, 4.69) is 20.9 Å². The maximum absolute atomic E-state index is 13.3. The van der Waals surface area contributed by atoms with Crippen molar-refractivity contribution >= 4 is 29.1 Å². The molecule has 0 aliphatic rings. The van der Waals surface area contributed by atoms with Crippen LogP contribution in [-0.2, 0) is 7.05 Å². The molecule has 3 N–H and O–H groups in total. The second-order valence-electron chi connectivity index (χ2n) is 8.88. The predicted molar refractivity (Wildman–Crippen MR) is 154 cm³/mol. The highest BCUT2D eigenvalue weighted by molar-refractivity contribution is 6.10. The fourth-order valence-corrected chi connectivity index (χ4v) is 3.91. The van der Waals surface area contributed by atoms with Crippen LogP contribution in [0.25, 0.3) is 0 Å². The SMILES string of the molecule is COc1ccc(C(=O)Nc2cnccc2NC(=O)c2ccc(OC)cc2OCCCNC(=O)c2cccn2C)cc1. The summed E-state index contributed by atoms with van der Waals surface area (Å²) in [5.41, 5.74) is 1.93. The average molecular weight is 558 g/mol. The van der Waals surface area contributed by atoms with E-state index in [-0.39, 0.29) is 24.0 Å². The number of rotatable bonds is 12. The monoisotopic (exact) mass is 557 g/mol. The van der Waals surface area contributed by atoms with Crippen molar-refractivity contribution in [1.29, 1.82) is 0 Å². The lowest BCUT2D eigenvalue weighted by molar-refractivity contribution is 0.0942. The zero-order chi connectivity index (χ0) is 29.2. The molecule has 11 nitrogen and oxygen atoms in total. The third-order valence-electron chi connectivity index (χ3n) is 6.14. The number of hydrogen-bond donors (Lipinski definition) is 3. The van der Waals surface area contributed by atoms with Gasteiger partial charge >= 0.3 is 0 Å². The van der Waals surface area contributed by atoms with Gasteiger partial charge in [0.1, 0.15) is 22.9 Å². The second kappa shape index (κ2) is 13.7. The number of nitrogens with one attached hydrogen (secondary N) is 3. The molecule has 4 aromatic rings. The van der Waals surface area contributed by atoms with Gasteiger partial charge < -0.3 is 34.7 Å². The minimum Gasteiger partial charge on any atom is -0.497 e. The van der Waals surface area contributed by atoms with Gasteiger partial charge in [-0.1, -0.05) is 0 Å². The highest BCUT2D eigenvalue weighted by Crippen LogP contribution is 2.28. The van der Waals surface area contributed by atoms with Crippen molar-refractivity contribution < 1.29 is 28.6 Å². The topological polar surface area (TPSA) is 133 Å². The number of benzene rings is 2. The van der Waals surface area contributed by atoms with E-state index < -0.39 is 5.91 Å². The molecule has 0 unspecified atom stereocenters. The molecule has 0 aliphatic carbocycles. The van der Waals surface area contributed by atoms with Crippen LogP contribution in [0.2, 0.25) is 0 Å². The third kappa shape index (κ3) is 7.41. The van der Waals surface area contributed by atoms with Gasteiger partial charge in [-0.15, -0.1) is 0 Å². The Kier molecular flexibility index (Phi) is 9.55. The van der Waals surface area contributed by atoms with Crippen molar-refractivity contribution in [2.75, 3.05) is 38.0 Å². The van der Waals surface area contributed by atoms with E-state index in [9.17, 15) is 14.4 Å². The van der Waals surface area contributed by atoms with Crippen LogP contribution in [0, 0.1) is 0 Å². The second-order valence-corrected chi connectivity index (χ2v) is 8.88. The highest BCUT2D eigenvalue weighted by Gasteiger charge is 2.17. The molecule has 0 spiro atoms. The van der Waals surface area contributed by atoms with Gasteiger partial charge in [-0.3, -0.25) is 19.4 Å². The first-order valence-corrected chi connectivity index (χ1v) is 12.8. The molecule has 11 heteroatoms.